The van der Waals surface area contributed by atoms with Gasteiger partial charge in [0.05, 0.1) is 22.2 Å². The lowest BCUT2D eigenvalue weighted by Gasteiger charge is -2.34. The Morgan fingerprint density at radius 3 is 2.43 bits per heavy atom. The van der Waals surface area contributed by atoms with Gasteiger partial charge in [-0.2, -0.15) is 4.98 Å². The summed E-state index contributed by atoms with van der Waals surface area (Å²) in [4.78, 5) is 73.4. The van der Waals surface area contributed by atoms with Crippen LogP contribution < -0.4 is 25.2 Å². The highest BCUT2D eigenvalue weighted by molar-refractivity contribution is 7.22. The molecule has 3 aliphatic heterocycles. The van der Waals surface area contributed by atoms with E-state index in [-0.39, 0.29) is 35.4 Å². The molecular formula is C59H64N8O7S. The summed E-state index contributed by atoms with van der Waals surface area (Å²) in [5.41, 5.74) is 7.77. The molecule has 3 amide bonds. The molecule has 1 atom stereocenters. The van der Waals surface area contributed by atoms with Crippen molar-refractivity contribution in [3.05, 3.63) is 125 Å². The molecule has 15 nitrogen and oxygen atoms in total. The molecule has 388 valence electrons. The number of piperidine rings is 1. The van der Waals surface area contributed by atoms with E-state index in [2.05, 4.69) is 43.3 Å². The van der Waals surface area contributed by atoms with Crippen LogP contribution in [0.25, 0.3) is 32.4 Å². The average molecular weight is 1030 g/mol. The van der Waals surface area contributed by atoms with Crippen molar-refractivity contribution in [2.75, 3.05) is 54.4 Å². The third kappa shape index (κ3) is 11.1. The maximum Gasteiger partial charge on any atom is 0.358 e. The summed E-state index contributed by atoms with van der Waals surface area (Å²) >= 11 is 1.45. The van der Waals surface area contributed by atoms with E-state index in [1.807, 2.05) is 106 Å². The molecule has 0 radical (unpaired) electrons. The number of nitrogens with one attached hydrogen (secondary N) is 2. The normalized spacial score (nSPS) is 19.5. The van der Waals surface area contributed by atoms with Crippen molar-refractivity contribution in [1.82, 2.24) is 25.2 Å². The number of benzene rings is 4. The quantitative estimate of drug-likeness (QED) is 0.0826. The number of imide groups is 1. The standard InChI is InChI=1S/C59H64N8O7S/c1-36-41(43-22-25-51(62-53(43)56(71)74-59(2,3)4)67-29-27-38-11-7-13-44(45(38)35-67)55(70)64-57-60-47-14-5-6-16-50(47)75-57)12-8-15-48(36)72-40-20-17-37(18-21-40)10-9-28-65-30-32-66(33-31-65)58-61-46-24-19-39(34-49(46)73-58)42-23-26-52(68)63-54(42)69/h5-8,11-16,19,22,24-25,34,37,40,42H,9-10,17-18,20-21,23,26-33,35H2,1-4H3,(H,60,64,70)(H,63,68,69). The van der Waals surface area contributed by atoms with Gasteiger partial charge in [-0.1, -0.05) is 53.8 Å². The van der Waals surface area contributed by atoms with Crippen molar-refractivity contribution in [3.63, 3.8) is 0 Å². The van der Waals surface area contributed by atoms with Gasteiger partial charge >= 0.3 is 5.97 Å². The first-order valence-electron chi connectivity index (χ1n) is 26.5. The average Bonchev–Trinajstić information content (AvgIpc) is 4.03. The fraction of sp³-hybridized carbons (Fsp3) is 0.407. The van der Waals surface area contributed by atoms with Crippen LogP contribution in [-0.4, -0.2) is 94.5 Å². The number of hydrogen-bond acceptors (Lipinski definition) is 14. The number of carbonyl (C=O) groups excluding carboxylic acids is 4. The Bertz CT molecular complexity index is 3260. The van der Waals surface area contributed by atoms with E-state index in [4.69, 9.17) is 23.9 Å². The number of nitrogens with zero attached hydrogens (tertiary/aromatic N) is 6. The van der Waals surface area contributed by atoms with E-state index in [1.165, 1.54) is 17.8 Å². The molecule has 0 spiro atoms. The fourth-order valence-electron chi connectivity index (χ4n) is 11.2. The summed E-state index contributed by atoms with van der Waals surface area (Å²) in [7, 11) is 0. The lowest BCUT2D eigenvalue weighted by atomic mass is 9.84. The van der Waals surface area contributed by atoms with Gasteiger partial charge in [0.1, 0.15) is 22.7 Å². The molecule has 1 saturated carbocycles. The van der Waals surface area contributed by atoms with E-state index >= 15 is 0 Å². The minimum Gasteiger partial charge on any atom is -0.490 e. The first-order chi connectivity index (χ1) is 36.3. The van der Waals surface area contributed by atoms with Crippen LogP contribution in [0.3, 0.4) is 0 Å². The topological polar surface area (TPSA) is 172 Å². The number of rotatable bonds is 13. The number of oxazole rings is 1. The summed E-state index contributed by atoms with van der Waals surface area (Å²) in [5.74, 6) is 0.589. The summed E-state index contributed by atoms with van der Waals surface area (Å²) < 4.78 is 20.0. The Labute approximate surface area is 441 Å². The van der Waals surface area contributed by atoms with Crippen molar-refractivity contribution < 1.29 is 33.1 Å². The van der Waals surface area contributed by atoms with Gasteiger partial charge in [-0.3, -0.25) is 29.9 Å². The third-order valence-corrected chi connectivity index (χ3v) is 16.2. The van der Waals surface area contributed by atoms with Crippen LogP contribution in [0.1, 0.15) is 121 Å². The van der Waals surface area contributed by atoms with Gasteiger partial charge in [0.25, 0.3) is 11.9 Å². The number of esters is 1. The number of ether oxygens (including phenoxy) is 2. The minimum atomic E-state index is -0.734. The SMILES string of the molecule is Cc1c(OC2CCC(CCCN3CCN(c4nc5ccc(C6CCC(=O)NC6=O)cc5o4)CC3)CC2)cccc1-c1ccc(N2CCc3cccc(C(=O)Nc4nc5ccccc5s4)c3C2)nc1C(=O)OC(C)(C)C. The van der Waals surface area contributed by atoms with Crippen LogP contribution in [-0.2, 0) is 27.3 Å². The van der Waals surface area contributed by atoms with Gasteiger partial charge < -0.3 is 23.7 Å². The lowest BCUT2D eigenvalue weighted by molar-refractivity contribution is -0.134. The highest BCUT2D eigenvalue weighted by atomic mass is 32.1. The molecule has 3 fully saturated rings. The Hall–Kier alpha value is -7.17. The summed E-state index contributed by atoms with van der Waals surface area (Å²) in [6.07, 6.45) is 8.27. The molecule has 0 bridgehead atoms. The van der Waals surface area contributed by atoms with Crippen molar-refractivity contribution >= 4 is 73.3 Å². The number of amides is 3. The molecule has 7 aromatic rings. The number of anilines is 3. The largest absolute Gasteiger partial charge is 0.490 e. The second-order valence-corrected chi connectivity index (χ2v) is 22.5. The molecular weight excluding hydrogens is 965 g/mol. The molecule has 75 heavy (non-hydrogen) atoms. The Balaban J connectivity index is 0.690. The van der Waals surface area contributed by atoms with Crippen molar-refractivity contribution in [2.45, 2.75) is 110 Å². The maximum atomic E-state index is 14.1. The summed E-state index contributed by atoms with van der Waals surface area (Å²) in [6.45, 7) is 13.4. The molecule has 4 aliphatic rings. The fourth-order valence-corrected chi connectivity index (χ4v) is 12.1. The first kappa shape index (κ1) is 50.0. The van der Waals surface area contributed by atoms with E-state index in [9.17, 15) is 19.2 Å². The van der Waals surface area contributed by atoms with Crippen LogP contribution in [0.2, 0.25) is 0 Å². The second-order valence-electron chi connectivity index (χ2n) is 21.5. The molecule has 11 rings (SSSR count). The highest BCUT2D eigenvalue weighted by Crippen LogP contribution is 2.38. The van der Waals surface area contributed by atoms with Crippen LogP contribution in [0.5, 0.6) is 5.75 Å². The van der Waals surface area contributed by atoms with Gasteiger partial charge in [-0.15, -0.1) is 0 Å². The summed E-state index contributed by atoms with van der Waals surface area (Å²) in [5, 5.41) is 6.05. The van der Waals surface area contributed by atoms with Crippen molar-refractivity contribution in [2.24, 2.45) is 5.92 Å². The van der Waals surface area contributed by atoms with Crippen molar-refractivity contribution in [1.29, 1.82) is 0 Å². The molecule has 1 aliphatic carbocycles. The second kappa shape index (κ2) is 21.2. The van der Waals surface area contributed by atoms with E-state index in [0.717, 1.165) is 114 Å². The maximum absolute atomic E-state index is 14.1. The van der Waals surface area contributed by atoms with E-state index < -0.39 is 11.6 Å². The third-order valence-electron chi connectivity index (χ3n) is 15.3. The van der Waals surface area contributed by atoms with E-state index in [1.54, 1.807) is 0 Å². The van der Waals surface area contributed by atoms with Crippen molar-refractivity contribution in [3.8, 4) is 16.9 Å². The van der Waals surface area contributed by atoms with Crippen LogP contribution in [0.15, 0.2) is 95.4 Å². The molecule has 4 aromatic carbocycles. The Morgan fingerprint density at radius 1 is 0.813 bits per heavy atom. The van der Waals surface area contributed by atoms with Gasteiger partial charge in [0, 0.05) is 56.8 Å². The predicted octanol–water partition coefficient (Wildman–Crippen LogP) is 10.6. The number of piperazine rings is 1. The van der Waals surface area contributed by atoms with Gasteiger partial charge in [0.15, 0.2) is 16.4 Å². The zero-order valence-corrected chi connectivity index (χ0v) is 44.0. The molecule has 6 heterocycles. The Kier molecular flexibility index (Phi) is 14.1. The molecule has 2 N–H and O–H groups in total. The minimum absolute atomic E-state index is 0.111. The predicted molar refractivity (Wildman–Crippen MR) is 292 cm³/mol. The number of fused-ring (bicyclic) bond motifs is 3. The molecule has 1 unspecified atom stereocenters. The molecule has 16 heteroatoms. The van der Waals surface area contributed by atoms with Crippen LogP contribution in [0, 0.1) is 12.8 Å². The van der Waals surface area contributed by atoms with Gasteiger partial charge in [-0.05, 0) is 168 Å². The zero-order valence-electron chi connectivity index (χ0n) is 43.2. The number of pyridine rings is 1. The number of para-hydroxylation sites is 1. The monoisotopic (exact) mass is 1030 g/mol. The van der Waals surface area contributed by atoms with Crippen LogP contribution >= 0.6 is 11.3 Å². The summed E-state index contributed by atoms with van der Waals surface area (Å²) in [6, 6.07) is 30.0. The Morgan fingerprint density at radius 2 is 1.63 bits per heavy atom. The molecule has 2 saturated heterocycles. The van der Waals surface area contributed by atoms with Gasteiger partial charge in [-0.25, -0.2) is 14.8 Å². The van der Waals surface area contributed by atoms with Crippen LogP contribution in [0.4, 0.5) is 17.0 Å². The number of aromatic nitrogens is 3. The number of thiazole rings is 1. The first-order valence-corrected chi connectivity index (χ1v) is 27.4. The smallest absolute Gasteiger partial charge is 0.358 e. The van der Waals surface area contributed by atoms with Gasteiger partial charge in [0.2, 0.25) is 11.8 Å². The molecule has 3 aromatic heterocycles. The lowest BCUT2D eigenvalue weighted by Crippen LogP contribution is -2.46. The number of hydrogen-bond donors (Lipinski definition) is 2. The highest BCUT2D eigenvalue weighted by Gasteiger charge is 2.31. The zero-order chi connectivity index (χ0) is 51.8. The number of carbonyl (C=O) groups is 4. The van der Waals surface area contributed by atoms with E-state index in [0.29, 0.717) is 71.9 Å².